The molecule has 0 bridgehead atoms. The third-order valence-corrected chi connectivity index (χ3v) is 3.62. The predicted molar refractivity (Wildman–Crippen MR) is 84.3 cm³/mol. The van der Waals surface area contributed by atoms with Crippen LogP contribution in [0, 0.1) is 19.5 Å². The highest BCUT2D eigenvalue weighted by molar-refractivity contribution is 14.1. The number of nitro benzene ring substituents is 1. The summed E-state index contributed by atoms with van der Waals surface area (Å²) in [5.74, 6) is -0.507. The molecular formula is C14H12FIN2O2. The molecule has 0 heterocycles. The number of hydrogen-bond donors (Lipinski definition) is 1. The summed E-state index contributed by atoms with van der Waals surface area (Å²) < 4.78 is 14.4. The minimum atomic E-state index is -0.525. The van der Waals surface area contributed by atoms with Crippen molar-refractivity contribution in [2.45, 2.75) is 13.0 Å². The Hall–Kier alpha value is -1.70. The standard InChI is InChI=1S/C14H12FIN2O2/c1-9(10-2-5-12(16)6-3-10)17-13-8-11(15)4-7-14(13)18(19)20/h2-9,17H,1H3. The first-order valence-electron chi connectivity index (χ1n) is 5.93. The van der Waals surface area contributed by atoms with Crippen LogP contribution in [0.3, 0.4) is 0 Å². The summed E-state index contributed by atoms with van der Waals surface area (Å²) in [4.78, 5) is 10.4. The summed E-state index contributed by atoms with van der Waals surface area (Å²) in [6.45, 7) is 1.87. The summed E-state index contributed by atoms with van der Waals surface area (Å²) in [5, 5.41) is 13.9. The maximum Gasteiger partial charge on any atom is 0.292 e. The molecule has 0 radical (unpaired) electrons. The zero-order valence-corrected chi connectivity index (χ0v) is 12.8. The molecule has 104 valence electrons. The van der Waals surface area contributed by atoms with Crippen LogP contribution in [0.2, 0.25) is 0 Å². The summed E-state index contributed by atoms with van der Waals surface area (Å²) >= 11 is 2.20. The average molecular weight is 386 g/mol. The average Bonchev–Trinajstić information content (AvgIpc) is 2.39. The number of nitrogens with zero attached hydrogens (tertiary/aromatic N) is 1. The normalized spacial score (nSPS) is 11.9. The first kappa shape index (κ1) is 14.7. The highest BCUT2D eigenvalue weighted by Gasteiger charge is 2.16. The van der Waals surface area contributed by atoms with Gasteiger partial charge in [0, 0.05) is 21.7 Å². The quantitative estimate of drug-likeness (QED) is 0.478. The van der Waals surface area contributed by atoms with Crippen molar-refractivity contribution in [1.82, 2.24) is 0 Å². The predicted octanol–water partition coefficient (Wildman–Crippen LogP) is 4.51. The van der Waals surface area contributed by atoms with Gasteiger partial charge in [-0.2, -0.15) is 0 Å². The zero-order valence-electron chi connectivity index (χ0n) is 10.6. The van der Waals surface area contributed by atoms with Gasteiger partial charge in [0.2, 0.25) is 0 Å². The van der Waals surface area contributed by atoms with Crippen LogP contribution in [0.5, 0.6) is 0 Å². The van der Waals surface area contributed by atoms with Gasteiger partial charge < -0.3 is 5.32 Å². The van der Waals surface area contributed by atoms with E-state index in [4.69, 9.17) is 0 Å². The van der Waals surface area contributed by atoms with Gasteiger partial charge in [-0.25, -0.2) is 4.39 Å². The minimum absolute atomic E-state index is 0.135. The molecule has 1 atom stereocenters. The molecule has 0 aliphatic rings. The lowest BCUT2D eigenvalue weighted by atomic mass is 10.1. The Bertz CT molecular complexity index is 632. The smallest absolute Gasteiger partial charge is 0.292 e. The summed E-state index contributed by atoms with van der Waals surface area (Å²) in [6.07, 6.45) is 0. The fraction of sp³-hybridized carbons (Fsp3) is 0.143. The molecule has 0 amide bonds. The molecule has 0 spiro atoms. The van der Waals surface area contributed by atoms with Gasteiger partial charge in [0.25, 0.3) is 5.69 Å². The number of nitrogens with one attached hydrogen (secondary N) is 1. The lowest BCUT2D eigenvalue weighted by molar-refractivity contribution is -0.384. The number of anilines is 1. The van der Waals surface area contributed by atoms with E-state index in [9.17, 15) is 14.5 Å². The summed E-state index contributed by atoms with van der Waals surface area (Å²) in [6, 6.07) is 11.0. The van der Waals surface area contributed by atoms with Crippen LogP contribution in [0.1, 0.15) is 18.5 Å². The zero-order chi connectivity index (χ0) is 14.7. The van der Waals surface area contributed by atoms with Crippen molar-refractivity contribution >= 4 is 34.0 Å². The highest BCUT2D eigenvalue weighted by Crippen LogP contribution is 2.29. The van der Waals surface area contributed by atoms with Gasteiger partial charge in [-0.3, -0.25) is 10.1 Å². The maximum absolute atomic E-state index is 13.3. The van der Waals surface area contributed by atoms with Gasteiger partial charge in [-0.05, 0) is 53.3 Å². The van der Waals surface area contributed by atoms with E-state index in [1.54, 1.807) is 0 Å². The van der Waals surface area contributed by atoms with E-state index in [0.717, 1.165) is 27.3 Å². The van der Waals surface area contributed by atoms with Crippen LogP contribution in [-0.4, -0.2) is 4.92 Å². The number of rotatable bonds is 4. The van der Waals surface area contributed by atoms with Crippen molar-refractivity contribution in [3.63, 3.8) is 0 Å². The van der Waals surface area contributed by atoms with Gasteiger partial charge >= 0.3 is 0 Å². The molecule has 0 saturated carbocycles. The minimum Gasteiger partial charge on any atom is -0.373 e. The Kier molecular flexibility index (Phi) is 4.53. The van der Waals surface area contributed by atoms with Gasteiger partial charge in [0.1, 0.15) is 11.5 Å². The van der Waals surface area contributed by atoms with Crippen molar-refractivity contribution in [3.8, 4) is 0 Å². The Morgan fingerprint density at radius 3 is 2.50 bits per heavy atom. The fourth-order valence-electron chi connectivity index (χ4n) is 1.85. The largest absolute Gasteiger partial charge is 0.373 e. The SMILES string of the molecule is CC(Nc1cc(F)ccc1[N+](=O)[O-])c1ccc(I)cc1. The third kappa shape index (κ3) is 3.44. The van der Waals surface area contributed by atoms with Crippen molar-refractivity contribution in [1.29, 1.82) is 0 Å². The molecule has 1 N–H and O–H groups in total. The Balaban J connectivity index is 2.27. The van der Waals surface area contributed by atoms with Crippen LogP contribution in [0.4, 0.5) is 15.8 Å². The maximum atomic E-state index is 13.3. The molecule has 2 aromatic carbocycles. The van der Waals surface area contributed by atoms with E-state index in [0.29, 0.717) is 0 Å². The number of hydrogen-bond acceptors (Lipinski definition) is 3. The molecular weight excluding hydrogens is 374 g/mol. The second-order valence-corrected chi connectivity index (χ2v) is 5.58. The molecule has 0 aliphatic heterocycles. The van der Waals surface area contributed by atoms with Crippen LogP contribution < -0.4 is 5.32 Å². The van der Waals surface area contributed by atoms with Gasteiger partial charge in [0.05, 0.1) is 4.92 Å². The summed E-state index contributed by atoms with van der Waals surface area (Å²) in [5.41, 5.74) is 1.02. The third-order valence-electron chi connectivity index (χ3n) is 2.90. The van der Waals surface area contributed by atoms with Crippen molar-refractivity contribution in [2.24, 2.45) is 0 Å². The van der Waals surface area contributed by atoms with E-state index >= 15 is 0 Å². The second kappa shape index (κ2) is 6.17. The Morgan fingerprint density at radius 1 is 1.25 bits per heavy atom. The molecule has 20 heavy (non-hydrogen) atoms. The summed E-state index contributed by atoms with van der Waals surface area (Å²) in [7, 11) is 0. The monoisotopic (exact) mass is 386 g/mol. The van der Waals surface area contributed by atoms with Gasteiger partial charge in [-0.1, -0.05) is 12.1 Å². The van der Waals surface area contributed by atoms with E-state index in [1.807, 2.05) is 31.2 Å². The molecule has 1 unspecified atom stereocenters. The number of benzene rings is 2. The van der Waals surface area contributed by atoms with Gasteiger partial charge in [-0.15, -0.1) is 0 Å². The lowest BCUT2D eigenvalue weighted by Crippen LogP contribution is -2.08. The van der Waals surface area contributed by atoms with Crippen LogP contribution in [-0.2, 0) is 0 Å². The molecule has 0 saturated heterocycles. The van der Waals surface area contributed by atoms with E-state index < -0.39 is 10.7 Å². The van der Waals surface area contributed by atoms with Crippen LogP contribution >= 0.6 is 22.6 Å². The molecule has 2 aromatic rings. The van der Waals surface area contributed by atoms with Gasteiger partial charge in [0.15, 0.2) is 0 Å². The van der Waals surface area contributed by atoms with Crippen molar-refractivity contribution in [2.75, 3.05) is 5.32 Å². The molecule has 2 rings (SSSR count). The van der Waals surface area contributed by atoms with E-state index in [2.05, 4.69) is 27.9 Å². The van der Waals surface area contributed by atoms with Crippen LogP contribution in [0.25, 0.3) is 0 Å². The first-order valence-corrected chi connectivity index (χ1v) is 7.01. The molecule has 0 aromatic heterocycles. The molecule has 6 heteroatoms. The topological polar surface area (TPSA) is 55.2 Å². The number of halogens is 2. The second-order valence-electron chi connectivity index (χ2n) is 4.34. The molecule has 0 fully saturated rings. The lowest BCUT2D eigenvalue weighted by Gasteiger charge is -2.16. The molecule has 4 nitrogen and oxygen atoms in total. The van der Waals surface area contributed by atoms with E-state index in [-0.39, 0.29) is 17.4 Å². The van der Waals surface area contributed by atoms with Crippen LogP contribution in [0.15, 0.2) is 42.5 Å². The van der Waals surface area contributed by atoms with E-state index in [1.165, 1.54) is 0 Å². The van der Waals surface area contributed by atoms with Crippen molar-refractivity contribution < 1.29 is 9.31 Å². The molecule has 0 aliphatic carbocycles. The first-order chi connectivity index (χ1) is 9.47. The highest BCUT2D eigenvalue weighted by atomic mass is 127. The Labute approximate surface area is 129 Å². The number of nitro groups is 1. The Morgan fingerprint density at radius 2 is 1.90 bits per heavy atom. The van der Waals surface area contributed by atoms with Crippen molar-refractivity contribution in [3.05, 3.63) is 67.5 Å². The fourth-order valence-corrected chi connectivity index (χ4v) is 2.21.